The maximum absolute atomic E-state index is 2.41. The van der Waals surface area contributed by atoms with Gasteiger partial charge in [0.2, 0.25) is 0 Å². The summed E-state index contributed by atoms with van der Waals surface area (Å²) in [7, 11) is 0. The van der Waals surface area contributed by atoms with Crippen LogP contribution in [0.4, 0.5) is 0 Å². The molecule has 0 aliphatic heterocycles. The molecule has 0 atom stereocenters. The minimum absolute atomic E-state index is 0.0466. The van der Waals surface area contributed by atoms with Crippen LogP contribution in [0.15, 0.2) is 340 Å². The van der Waals surface area contributed by atoms with Crippen molar-refractivity contribution in [2.75, 3.05) is 0 Å². The molecule has 0 fully saturated rings. The van der Waals surface area contributed by atoms with Crippen molar-refractivity contribution in [1.82, 2.24) is 0 Å². The standard InChI is InChI=1S/2C49H34/c1-49(2)45-29-27-35(30-44(45)43-28-26-33-13-4-6-16-37(33)48(43)49)31-22-24-34(25-23-31)46-39-17-7-9-19-41(39)47(42-20-10-8-18-40(42)46)38-21-11-14-32-12-3-5-15-36(32)38;1-49(2)45-28-26-36(30-44(45)43-27-25-33-12-5-6-14-38(33)48(43)49)32-19-22-34(23-20-32)46-39-15-7-9-17-41(39)47(42-18-10-8-16-40(42)46)37-24-21-31-11-3-4-13-35(31)29-37/h2*3-30H,1-2H3. The molecule has 0 amide bonds. The third-order valence-corrected chi connectivity index (χ3v) is 22.0. The highest BCUT2D eigenvalue weighted by Crippen LogP contribution is 2.55. The first-order chi connectivity index (χ1) is 48.1. The third kappa shape index (κ3) is 8.91. The van der Waals surface area contributed by atoms with Gasteiger partial charge in [-0.2, -0.15) is 0 Å². The zero-order valence-electron chi connectivity index (χ0n) is 55.3. The Balaban J connectivity index is 0.000000137. The van der Waals surface area contributed by atoms with Crippen LogP contribution in [-0.4, -0.2) is 0 Å². The molecule has 18 aromatic rings. The molecule has 2 aliphatic carbocycles. The molecule has 0 heteroatoms. The van der Waals surface area contributed by atoms with Crippen molar-refractivity contribution < 1.29 is 0 Å². The van der Waals surface area contributed by atoms with Gasteiger partial charge < -0.3 is 0 Å². The van der Waals surface area contributed by atoms with Crippen molar-refractivity contribution >= 4 is 86.2 Å². The molecule has 0 N–H and O–H groups in total. The maximum Gasteiger partial charge on any atom is 0.0165 e. The molecule has 0 saturated heterocycles. The predicted octanol–water partition coefficient (Wildman–Crippen LogP) is 27.2. The average Bonchev–Trinajstić information content (AvgIpc) is 1.53. The molecule has 0 bridgehead atoms. The second kappa shape index (κ2) is 22.3. The van der Waals surface area contributed by atoms with Crippen LogP contribution in [0.1, 0.15) is 49.9 Å². The summed E-state index contributed by atoms with van der Waals surface area (Å²) in [5.74, 6) is 0. The van der Waals surface area contributed by atoms with Gasteiger partial charge in [0.05, 0.1) is 0 Å². The zero-order chi connectivity index (χ0) is 65.4. The summed E-state index contributed by atoms with van der Waals surface area (Å²) < 4.78 is 0. The summed E-state index contributed by atoms with van der Waals surface area (Å²) in [6.07, 6.45) is 0. The van der Waals surface area contributed by atoms with Crippen LogP contribution >= 0.6 is 0 Å². The highest BCUT2D eigenvalue weighted by atomic mass is 14.4. The van der Waals surface area contributed by atoms with Gasteiger partial charge in [-0.15, -0.1) is 0 Å². The Labute approximate surface area is 572 Å². The summed E-state index contributed by atoms with van der Waals surface area (Å²) in [5.41, 5.74) is 26.2. The van der Waals surface area contributed by atoms with Crippen molar-refractivity contribution in [3.8, 4) is 89.0 Å². The van der Waals surface area contributed by atoms with Gasteiger partial charge in [-0.1, -0.05) is 349 Å². The lowest BCUT2D eigenvalue weighted by Crippen LogP contribution is -2.15. The fourth-order valence-corrected chi connectivity index (χ4v) is 17.5. The van der Waals surface area contributed by atoms with Crippen LogP contribution in [0.2, 0.25) is 0 Å². The van der Waals surface area contributed by atoms with Gasteiger partial charge in [0.25, 0.3) is 0 Å². The second-order valence-electron chi connectivity index (χ2n) is 28.1. The Morgan fingerprint density at radius 2 is 0.459 bits per heavy atom. The summed E-state index contributed by atoms with van der Waals surface area (Å²) in [5, 5.41) is 20.6. The Hall–Kier alpha value is -12.0. The molecule has 0 aromatic heterocycles. The Bertz CT molecular complexity index is 6210. The van der Waals surface area contributed by atoms with Gasteiger partial charge in [0.15, 0.2) is 0 Å². The van der Waals surface area contributed by atoms with Crippen molar-refractivity contribution in [2.24, 2.45) is 0 Å². The number of benzene rings is 18. The predicted molar refractivity (Wildman–Crippen MR) is 421 cm³/mol. The van der Waals surface area contributed by atoms with E-state index in [1.54, 1.807) is 0 Å². The molecule has 0 nitrogen and oxygen atoms in total. The van der Waals surface area contributed by atoms with E-state index in [0.717, 1.165) is 0 Å². The molecule has 0 spiro atoms. The fraction of sp³-hybridized carbons (Fsp3) is 0.0612. The molecule has 98 heavy (non-hydrogen) atoms. The second-order valence-corrected chi connectivity index (χ2v) is 28.1. The van der Waals surface area contributed by atoms with E-state index in [2.05, 4.69) is 367 Å². The molecule has 0 heterocycles. The Morgan fingerprint density at radius 1 is 0.163 bits per heavy atom. The van der Waals surface area contributed by atoms with Crippen molar-refractivity contribution in [3.05, 3.63) is 362 Å². The molecule has 0 radical (unpaired) electrons. The van der Waals surface area contributed by atoms with Crippen LogP contribution in [0.25, 0.3) is 175 Å². The van der Waals surface area contributed by atoms with Crippen molar-refractivity contribution in [3.63, 3.8) is 0 Å². The number of fused-ring (bicyclic) bond motifs is 16. The van der Waals surface area contributed by atoms with Gasteiger partial charge in [-0.3, -0.25) is 0 Å². The van der Waals surface area contributed by atoms with Crippen molar-refractivity contribution in [2.45, 2.75) is 38.5 Å². The lowest BCUT2D eigenvalue weighted by Gasteiger charge is -2.23. The van der Waals surface area contributed by atoms with E-state index in [1.165, 1.54) is 197 Å². The van der Waals surface area contributed by atoms with Crippen LogP contribution in [-0.2, 0) is 10.8 Å². The highest BCUT2D eigenvalue weighted by Gasteiger charge is 2.38. The minimum atomic E-state index is -0.0474. The lowest BCUT2D eigenvalue weighted by atomic mass is 9.80. The normalized spacial score (nSPS) is 13.3. The number of hydrogen-bond acceptors (Lipinski definition) is 0. The fourth-order valence-electron chi connectivity index (χ4n) is 17.5. The highest BCUT2D eigenvalue weighted by molar-refractivity contribution is 6.24. The molecule has 20 rings (SSSR count). The molecule has 18 aromatic carbocycles. The molecule has 0 unspecified atom stereocenters. The summed E-state index contributed by atoms with van der Waals surface area (Å²) in [6.45, 7) is 9.49. The SMILES string of the molecule is CC1(C)c2ccc(-c3ccc(-c4c5ccccc5c(-c5ccc6ccccc6c5)c5ccccc45)cc3)cc2-c2ccc3ccccc3c21.CC1(C)c2ccc(-c3ccc(-c4c5ccccc5c(-c5cccc6ccccc56)c5ccccc45)cc3)cc2-c2ccc3ccccc3c21. The Kier molecular flexibility index (Phi) is 13.1. The van der Waals surface area contributed by atoms with Gasteiger partial charge in [0.1, 0.15) is 0 Å². The molecule has 2 aliphatic rings. The molecule has 460 valence electrons. The van der Waals surface area contributed by atoms with Gasteiger partial charge in [-0.05, 0) is 216 Å². The smallest absolute Gasteiger partial charge is 0.0165 e. The zero-order valence-corrected chi connectivity index (χ0v) is 55.3. The Morgan fingerprint density at radius 3 is 0.888 bits per heavy atom. The number of hydrogen-bond donors (Lipinski definition) is 0. The summed E-state index contributed by atoms with van der Waals surface area (Å²) >= 11 is 0. The monoisotopic (exact) mass is 1240 g/mol. The van der Waals surface area contributed by atoms with E-state index < -0.39 is 0 Å². The number of rotatable bonds is 6. The van der Waals surface area contributed by atoms with Crippen LogP contribution in [0, 0.1) is 0 Å². The quantitative estimate of drug-likeness (QED) is 0.146. The molecular formula is C98H68. The van der Waals surface area contributed by atoms with E-state index in [9.17, 15) is 0 Å². The molecular weight excluding hydrogens is 1180 g/mol. The van der Waals surface area contributed by atoms with E-state index >= 15 is 0 Å². The van der Waals surface area contributed by atoms with Gasteiger partial charge in [-0.25, -0.2) is 0 Å². The largest absolute Gasteiger partial charge is 0.0616 e. The summed E-state index contributed by atoms with van der Waals surface area (Å²) in [4.78, 5) is 0. The van der Waals surface area contributed by atoms with Crippen LogP contribution in [0.3, 0.4) is 0 Å². The van der Waals surface area contributed by atoms with E-state index in [4.69, 9.17) is 0 Å². The lowest BCUT2D eigenvalue weighted by molar-refractivity contribution is 0.666. The summed E-state index contributed by atoms with van der Waals surface area (Å²) in [6, 6.07) is 126. The maximum atomic E-state index is 2.41. The first-order valence-corrected chi connectivity index (χ1v) is 34.5. The average molecular weight is 1250 g/mol. The molecule has 0 saturated carbocycles. The van der Waals surface area contributed by atoms with Gasteiger partial charge >= 0.3 is 0 Å². The van der Waals surface area contributed by atoms with Crippen molar-refractivity contribution in [1.29, 1.82) is 0 Å². The first kappa shape index (κ1) is 57.5. The van der Waals surface area contributed by atoms with Gasteiger partial charge in [0, 0.05) is 10.8 Å². The first-order valence-electron chi connectivity index (χ1n) is 34.5. The van der Waals surface area contributed by atoms with E-state index in [0.29, 0.717) is 0 Å². The van der Waals surface area contributed by atoms with E-state index in [-0.39, 0.29) is 10.8 Å². The minimum Gasteiger partial charge on any atom is -0.0616 e. The topological polar surface area (TPSA) is 0 Å². The van der Waals surface area contributed by atoms with Crippen LogP contribution < -0.4 is 0 Å². The van der Waals surface area contributed by atoms with Crippen LogP contribution in [0.5, 0.6) is 0 Å². The van der Waals surface area contributed by atoms with E-state index in [1.807, 2.05) is 0 Å². The third-order valence-electron chi connectivity index (χ3n) is 22.0.